The summed E-state index contributed by atoms with van der Waals surface area (Å²) < 4.78 is 5.57. The van der Waals surface area contributed by atoms with Gasteiger partial charge in [0.15, 0.2) is 11.7 Å². The Labute approximate surface area is 124 Å². The van der Waals surface area contributed by atoms with Gasteiger partial charge in [-0.3, -0.25) is 9.78 Å². The number of carbonyl (C=O) groups excluding carboxylic acids is 1. The van der Waals surface area contributed by atoms with Crippen LogP contribution in [0.4, 0.5) is 0 Å². The molecule has 0 aliphatic heterocycles. The molecule has 0 spiro atoms. The molecule has 0 aliphatic carbocycles. The highest BCUT2D eigenvalue weighted by Gasteiger charge is 2.23. The Morgan fingerprint density at radius 2 is 2.05 bits per heavy atom. The zero-order valence-corrected chi connectivity index (χ0v) is 12.0. The number of aromatic nitrogens is 1. The van der Waals surface area contributed by atoms with E-state index in [9.17, 15) is 10.1 Å². The van der Waals surface area contributed by atoms with Crippen LogP contribution in [-0.2, 0) is 0 Å². The lowest BCUT2D eigenvalue weighted by molar-refractivity contribution is 0.0977. The molecule has 0 aliphatic rings. The molecule has 0 saturated carbocycles. The van der Waals surface area contributed by atoms with Crippen LogP contribution in [0.25, 0.3) is 0 Å². The molecule has 2 aromatic rings. The SMILES string of the molecule is CC(C)Oc1cccc(C(=O)C(C#N)c2ccccn2)c1. The van der Waals surface area contributed by atoms with Crippen molar-refractivity contribution >= 4 is 5.78 Å². The second-order valence-corrected chi connectivity index (χ2v) is 4.88. The van der Waals surface area contributed by atoms with Gasteiger partial charge in [0.05, 0.1) is 17.9 Å². The Kier molecular flexibility index (Phi) is 4.68. The molecule has 0 fully saturated rings. The molecule has 4 heteroatoms. The number of pyridine rings is 1. The Hall–Kier alpha value is -2.67. The van der Waals surface area contributed by atoms with E-state index in [2.05, 4.69) is 4.98 Å². The second-order valence-electron chi connectivity index (χ2n) is 4.88. The van der Waals surface area contributed by atoms with Crippen LogP contribution in [0.1, 0.15) is 35.8 Å². The molecule has 0 N–H and O–H groups in total. The molecule has 0 bridgehead atoms. The summed E-state index contributed by atoms with van der Waals surface area (Å²) in [7, 11) is 0. The van der Waals surface area contributed by atoms with Crippen LogP contribution in [0.3, 0.4) is 0 Å². The number of nitrogens with zero attached hydrogens (tertiary/aromatic N) is 2. The van der Waals surface area contributed by atoms with Gasteiger partial charge in [0, 0.05) is 11.8 Å². The van der Waals surface area contributed by atoms with Crippen LogP contribution in [0.15, 0.2) is 48.7 Å². The maximum atomic E-state index is 12.5. The average molecular weight is 280 g/mol. The first-order valence-electron chi connectivity index (χ1n) is 6.73. The number of hydrogen-bond acceptors (Lipinski definition) is 4. The van der Waals surface area contributed by atoms with Gasteiger partial charge >= 0.3 is 0 Å². The zero-order chi connectivity index (χ0) is 15.2. The molecule has 0 radical (unpaired) electrons. The third kappa shape index (κ3) is 3.67. The zero-order valence-electron chi connectivity index (χ0n) is 12.0. The minimum absolute atomic E-state index is 0.0258. The summed E-state index contributed by atoms with van der Waals surface area (Å²) in [5, 5.41) is 9.28. The molecular weight excluding hydrogens is 264 g/mol. The molecule has 0 saturated heterocycles. The van der Waals surface area contributed by atoms with Crippen molar-refractivity contribution in [1.29, 1.82) is 5.26 Å². The van der Waals surface area contributed by atoms with E-state index >= 15 is 0 Å². The minimum Gasteiger partial charge on any atom is -0.491 e. The van der Waals surface area contributed by atoms with Gasteiger partial charge in [-0.1, -0.05) is 18.2 Å². The van der Waals surface area contributed by atoms with Crippen molar-refractivity contribution in [2.45, 2.75) is 25.9 Å². The van der Waals surface area contributed by atoms with Crippen molar-refractivity contribution in [3.05, 3.63) is 59.9 Å². The fourth-order valence-corrected chi connectivity index (χ4v) is 1.97. The van der Waals surface area contributed by atoms with Crippen molar-refractivity contribution in [3.8, 4) is 11.8 Å². The number of nitriles is 1. The maximum absolute atomic E-state index is 12.5. The lowest BCUT2D eigenvalue weighted by Crippen LogP contribution is -2.13. The van der Waals surface area contributed by atoms with E-state index in [1.165, 1.54) is 0 Å². The molecule has 1 aromatic carbocycles. The molecule has 4 nitrogen and oxygen atoms in total. The van der Waals surface area contributed by atoms with Crippen molar-refractivity contribution in [2.24, 2.45) is 0 Å². The number of rotatable bonds is 5. The Bertz CT molecular complexity index is 660. The summed E-state index contributed by atoms with van der Waals surface area (Å²) in [6.07, 6.45) is 1.60. The molecule has 1 heterocycles. The van der Waals surface area contributed by atoms with Crippen molar-refractivity contribution in [2.75, 3.05) is 0 Å². The van der Waals surface area contributed by atoms with Gasteiger partial charge in [-0.2, -0.15) is 5.26 Å². The molecule has 21 heavy (non-hydrogen) atoms. The average Bonchev–Trinajstić information content (AvgIpc) is 2.48. The normalized spacial score (nSPS) is 11.7. The highest BCUT2D eigenvalue weighted by atomic mass is 16.5. The van der Waals surface area contributed by atoms with Crippen LogP contribution in [0.2, 0.25) is 0 Å². The summed E-state index contributed by atoms with van der Waals surface area (Å²) in [5.74, 6) is -0.556. The van der Waals surface area contributed by atoms with Crippen LogP contribution < -0.4 is 4.74 Å². The number of Topliss-reactive ketones (excluding diaryl/α,β-unsaturated/α-hetero) is 1. The fraction of sp³-hybridized carbons (Fsp3) is 0.235. The van der Waals surface area contributed by atoms with E-state index < -0.39 is 5.92 Å². The molecule has 1 aromatic heterocycles. The quantitative estimate of drug-likeness (QED) is 0.788. The molecule has 2 rings (SSSR count). The maximum Gasteiger partial charge on any atom is 0.186 e. The van der Waals surface area contributed by atoms with Crippen LogP contribution in [0.5, 0.6) is 5.75 Å². The summed E-state index contributed by atoms with van der Waals surface area (Å²) in [6.45, 7) is 3.83. The van der Waals surface area contributed by atoms with Crippen molar-refractivity contribution in [1.82, 2.24) is 4.98 Å². The number of ether oxygens (including phenoxy) is 1. The topological polar surface area (TPSA) is 63.0 Å². The highest BCUT2D eigenvalue weighted by molar-refractivity contribution is 6.02. The van der Waals surface area contributed by atoms with Gasteiger partial charge in [0.1, 0.15) is 5.75 Å². The number of benzene rings is 1. The van der Waals surface area contributed by atoms with E-state index in [0.717, 1.165) is 0 Å². The molecule has 1 unspecified atom stereocenters. The van der Waals surface area contributed by atoms with Gasteiger partial charge in [-0.15, -0.1) is 0 Å². The minimum atomic E-state index is -0.902. The summed E-state index contributed by atoms with van der Waals surface area (Å²) >= 11 is 0. The van der Waals surface area contributed by atoms with Gasteiger partial charge in [-0.25, -0.2) is 0 Å². The summed E-state index contributed by atoms with van der Waals surface area (Å²) in [5.41, 5.74) is 0.908. The first-order chi connectivity index (χ1) is 10.1. The standard InChI is InChI=1S/C17H16N2O2/c1-12(2)21-14-7-5-6-13(10-14)17(20)15(11-18)16-8-3-4-9-19-16/h3-10,12,15H,1-2H3. The predicted molar refractivity (Wildman–Crippen MR) is 79.1 cm³/mol. The third-order valence-corrected chi connectivity index (χ3v) is 2.87. The number of carbonyl (C=O) groups is 1. The van der Waals surface area contributed by atoms with Gasteiger partial charge in [0.25, 0.3) is 0 Å². The van der Waals surface area contributed by atoms with Crippen molar-refractivity contribution < 1.29 is 9.53 Å². The van der Waals surface area contributed by atoms with Crippen LogP contribution >= 0.6 is 0 Å². The Balaban J connectivity index is 2.29. The van der Waals surface area contributed by atoms with E-state index in [-0.39, 0.29) is 11.9 Å². The van der Waals surface area contributed by atoms with Crippen LogP contribution in [0, 0.1) is 11.3 Å². The largest absolute Gasteiger partial charge is 0.491 e. The fourth-order valence-electron chi connectivity index (χ4n) is 1.97. The Morgan fingerprint density at radius 1 is 1.24 bits per heavy atom. The first-order valence-corrected chi connectivity index (χ1v) is 6.73. The van der Waals surface area contributed by atoms with Gasteiger partial charge < -0.3 is 4.74 Å². The number of hydrogen-bond donors (Lipinski definition) is 0. The van der Waals surface area contributed by atoms with Crippen molar-refractivity contribution in [3.63, 3.8) is 0 Å². The van der Waals surface area contributed by atoms with E-state index in [4.69, 9.17) is 4.74 Å². The van der Waals surface area contributed by atoms with E-state index in [0.29, 0.717) is 17.0 Å². The predicted octanol–water partition coefficient (Wildman–Crippen LogP) is 3.36. The van der Waals surface area contributed by atoms with E-state index in [1.807, 2.05) is 19.9 Å². The molecule has 1 atom stereocenters. The van der Waals surface area contributed by atoms with Gasteiger partial charge in [-0.05, 0) is 38.1 Å². The lowest BCUT2D eigenvalue weighted by atomic mass is 9.95. The van der Waals surface area contributed by atoms with Gasteiger partial charge in [0.2, 0.25) is 0 Å². The van der Waals surface area contributed by atoms with E-state index in [1.54, 1.807) is 48.7 Å². The molecule has 0 amide bonds. The first kappa shape index (κ1) is 14.7. The molecule has 106 valence electrons. The number of ketones is 1. The second kappa shape index (κ2) is 6.67. The summed E-state index contributed by atoms with van der Waals surface area (Å²) in [4.78, 5) is 16.6. The van der Waals surface area contributed by atoms with Crippen LogP contribution in [-0.4, -0.2) is 16.9 Å². The smallest absolute Gasteiger partial charge is 0.186 e. The lowest BCUT2D eigenvalue weighted by Gasteiger charge is -2.12. The summed E-state index contributed by atoms with van der Waals surface area (Å²) in [6, 6.07) is 14.1. The highest BCUT2D eigenvalue weighted by Crippen LogP contribution is 2.22. The third-order valence-electron chi connectivity index (χ3n) is 2.87. The molecular formula is C17H16N2O2. The monoisotopic (exact) mass is 280 g/mol. The Morgan fingerprint density at radius 3 is 2.67 bits per heavy atom.